The molecule has 4 rings (SSSR count). The molecular weight excluding hydrogens is 340 g/mol. The van der Waals surface area contributed by atoms with Gasteiger partial charge in [-0.25, -0.2) is 0 Å². The van der Waals surface area contributed by atoms with E-state index in [0.717, 1.165) is 11.3 Å². The Labute approximate surface area is 149 Å². The van der Waals surface area contributed by atoms with Crippen LogP contribution in [0.3, 0.4) is 0 Å². The van der Waals surface area contributed by atoms with Gasteiger partial charge in [0.1, 0.15) is 5.69 Å². The molecule has 6 nitrogen and oxygen atoms in total. The molecule has 1 fully saturated rings. The number of rotatable bonds is 3. The van der Waals surface area contributed by atoms with Crippen molar-refractivity contribution in [1.29, 1.82) is 0 Å². The molecule has 1 aliphatic heterocycles. The van der Waals surface area contributed by atoms with E-state index in [0.29, 0.717) is 35.4 Å². The summed E-state index contributed by atoms with van der Waals surface area (Å²) in [6.07, 6.45) is 2.02. The molecular formula is C18H15ClN4O2. The Morgan fingerprint density at radius 2 is 2.16 bits per heavy atom. The Morgan fingerprint density at radius 1 is 1.28 bits per heavy atom. The second-order valence-corrected chi connectivity index (χ2v) is 6.45. The lowest BCUT2D eigenvalue weighted by molar-refractivity contribution is -0.117. The topological polar surface area (TPSA) is 72.1 Å². The van der Waals surface area contributed by atoms with Gasteiger partial charge >= 0.3 is 0 Å². The Hall–Kier alpha value is -2.73. The van der Waals surface area contributed by atoms with Crippen LogP contribution in [0.25, 0.3) is 11.6 Å². The molecule has 0 saturated carbocycles. The van der Waals surface area contributed by atoms with Gasteiger partial charge < -0.3 is 9.42 Å². The minimum absolute atomic E-state index is 0.0413. The van der Waals surface area contributed by atoms with E-state index in [-0.39, 0.29) is 11.8 Å². The molecule has 0 N–H and O–H groups in total. The van der Waals surface area contributed by atoms with Crippen molar-refractivity contribution in [2.45, 2.75) is 19.3 Å². The van der Waals surface area contributed by atoms with Gasteiger partial charge in [-0.3, -0.25) is 9.78 Å². The van der Waals surface area contributed by atoms with Gasteiger partial charge in [-0.1, -0.05) is 22.8 Å². The summed E-state index contributed by atoms with van der Waals surface area (Å²) in [5.41, 5.74) is 2.45. The standard InChI is InChI=1S/C18H15ClN4O2/c1-11-8-13(19)5-6-15(11)23-10-12(9-16(23)24)17-21-18(25-22-17)14-4-2-3-7-20-14/h2-8,12H,9-10H2,1H3. The van der Waals surface area contributed by atoms with E-state index >= 15 is 0 Å². The van der Waals surface area contributed by atoms with Crippen LogP contribution in [0.1, 0.15) is 23.7 Å². The van der Waals surface area contributed by atoms with E-state index in [1.54, 1.807) is 23.2 Å². The van der Waals surface area contributed by atoms with Gasteiger partial charge in [-0.15, -0.1) is 0 Å². The number of nitrogens with zero attached hydrogens (tertiary/aromatic N) is 4. The summed E-state index contributed by atoms with van der Waals surface area (Å²) in [7, 11) is 0. The highest BCUT2D eigenvalue weighted by Crippen LogP contribution is 2.33. The van der Waals surface area contributed by atoms with Crippen LogP contribution in [0.4, 0.5) is 5.69 Å². The van der Waals surface area contributed by atoms with Crippen LogP contribution < -0.4 is 4.90 Å². The van der Waals surface area contributed by atoms with Crippen molar-refractivity contribution >= 4 is 23.2 Å². The zero-order valence-electron chi connectivity index (χ0n) is 13.5. The first-order valence-electron chi connectivity index (χ1n) is 7.93. The van der Waals surface area contributed by atoms with Crippen LogP contribution in [-0.4, -0.2) is 27.6 Å². The van der Waals surface area contributed by atoms with Crippen LogP contribution in [-0.2, 0) is 4.79 Å². The van der Waals surface area contributed by atoms with Gasteiger partial charge in [-0.05, 0) is 42.8 Å². The molecule has 7 heteroatoms. The van der Waals surface area contributed by atoms with Crippen LogP contribution in [0.15, 0.2) is 47.1 Å². The highest BCUT2D eigenvalue weighted by atomic mass is 35.5. The van der Waals surface area contributed by atoms with Crippen molar-refractivity contribution in [1.82, 2.24) is 15.1 Å². The van der Waals surface area contributed by atoms with Crippen LogP contribution in [0.5, 0.6) is 0 Å². The third-order valence-electron chi connectivity index (χ3n) is 4.27. The normalized spacial score (nSPS) is 17.3. The highest BCUT2D eigenvalue weighted by Gasteiger charge is 2.35. The van der Waals surface area contributed by atoms with Gasteiger partial charge in [0.15, 0.2) is 5.82 Å². The monoisotopic (exact) mass is 354 g/mol. The quantitative estimate of drug-likeness (QED) is 0.718. The van der Waals surface area contributed by atoms with Crippen molar-refractivity contribution in [3.05, 3.63) is 59.0 Å². The van der Waals surface area contributed by atoms with E-state index in [2.05, 4.69) is 15.1 Å². The number of carbonyl (C=O) groups is 1. The van der Waals surface area contributed by atoms with Crippen molar-refractivity contribution in [3.8, 4) is 11.6 Å². The van der Waals surface area contributed by atoms with Gasteiger partial charge in [0.05, 0.1) is 0 Å². The molecule has 3 aromatic rings. The minimum atomic E-state index is -0.108. The maximum atomic E-state index is 12.5. The first-order valence-corrected chi connectivity index (χ1v) is 8.31. The number of halogens is 1. The van der Waals surface area contributed by atoms with Gasteiger partial charge in [0.2, 0.25) is 5.91 Å². The number of carbonyl (C=O) groups excluding carboxylic acids is 1. The molecule has 1 amide bonds. The van der Waals surface area contributed by atoms with E-state index in [1.165, 1.54) is 0 Å². The van der Waals surface area contributed by atoms with Crippen molar-refractivity contribution in [2.75, 3.05) is 11.4 Å². The lowest BCUT2D eigenvalue weighted by Gasteiger charge is -2.18. The molecule has 1 atom stereocenters. The third-order valence-corrected chi connectivity index (χ3v) is 4.50. The van der Waals surface area contributed by atoms with E-state index in [1.807, 2.05) is 31.2 Å². The smallest absolute Gasteiger partial charge is 0.276 e. The first kappa shape index (κ1) is 15.8. The summed E-state index contributed by atoms with van der Waals surface area (Å²) < 4.78 is 5.31. The molecule has 126 valence electrons. The summed E-state index contributed by atoms with van der Waals surface area (Å²) in [4.78, 5) is 22.8. The van der Waals surface area contributed by atoms with Crippen LogP contribution in [0.2, 0.25) is 5.02 Å². The predicted octanol–water partition coefficient (Wildman–Crippen LogP) is 3.61. The lowest BCUT2D eigenvalue weighted by atomic mass is 10.1. The summed E-state index contributed by atoms with van der Waals surface area (Å²) >= 11 is 6.00. The lowest BCUT2D eigenvalue weighted by Crippen LogP contribution is -2.25. The summed E-state index contributed by atoms with van der Waals surface area (Å²) in [6.45, 7) is 2.46. The fourth-order valence-electron chi connectivity index (χ4n) is 3.03. The van der Waals surface area contributed by atoms with Crippen LogP contribution >= 0.6 is 11.6 Å². The number of hydrogen-bond acceptors (Lipinski definition) is 5. The summed E-state index contributed by atoms with van der Waals surface area (Å²) in [6, 6.07) is 11.0. The number of pyridine rings is 1. The molecule has 25 heavy (non-hydrogen) atoms. The third kappa shape index (κ3) is 3.00. The molecule has 1 aliphatic rings. The SMILES string of the molecule is Cc1cc(Cl)ccc1N1CC(c2noc(-c3ccccn3)n2)CC1=O. The van der Waals surface area contributed by atoms with Gasteiger partial charge in [0.25, 0.3) is 5.89 Å². The average Bonchev–Trinajstić information content (AvgIpc) is 3.23. The first-order chi connectivity index (χ1) is 12.1. The molecule has 0 spiro atoms. The van der Waals surface area contributed by atoms with Gasteiger partial charge in [-0.2, -0.15) is 4.98 Å². The maximum absolute atomic E-state index is 12.5. The molecule has 1 aromatic carbocycles. The Morgan fingerprint density at radius 3 is 2.92 bits per heavy atom. The van der Waals surface area contributed by atoms with Crippen molar-refractivity contribution in [3.63, 3.8) is 0 Å². The van der Waals surface area contributed by atoms with Crippen molar-refractivity contribution < 1.29 is 9.32 Å². The Kier molecular flexibility index (Phi) is 3.97. The Bertz CT molecular complexity index is 926. The molecule has 2 aromatic heterocycles. The maximum Gasteiger partial charge on any atom is 0.276 e. The van der Waals surface area contributed by atoms with Crippen LogP contribution in [0, 0.1) is 6.92 Å². The fourth-order valence-corrected chi connectivity index (χ4v) is 3.26. The largest absolute Gasteiger partial charge is 0.332 e. The number of benzene rings is 1. The second-order valence-electron chi connectivity index (χ2n) is 6.01. The molecule has 3 heterocycles. The second kappa shape index (κ2) is 6.29. The van der Waals surface area contributed by atoms with E-state index in [9.17, 15) is 4.79 Å². The summed E-state index contributed by atoms with van der Waals surface area (Å²) in [5, 5.41) is 4.70. The zero-order valence-corrected chi connectivity index (χ0v) is 14.3. The number of amides is 1. The zero-order chi connectivity index (χ0) is 17.4. The minimum Gasteiger partial charge on any atom is -0.332 e. The fraction of sp³-hybridized carbons (Fsp3) is 0.222. The number of aromatic nitrogens is 3. The molecule has 1 unspecified atom stereocenters. The molecule has 1 saturated heterocycles. The van der Waals surface area contributed by atoms with Gasteiger partial charge in [0, 0.05) is 35.8 Å². The number of aryl methyl sites for hydroxylation is 1. The van der Waals surface area contributed by atoms with E-state index in [4.69, 9.17) is 16.1 Å². The highest BCUT2D eigenvalue weighted by molar-refractivity contribution is 6.30. The number of hydrogen-bond donors (Lipinski definition) is 0. The number of anilines is 1. The average molecular weight is 355 g/mol. The molecule has 0 aliphatic carbocycles. The molecule has 0 radical (unpaired) electrons. The Balaban J connectivity index is 1.57. The molecule has 0 bridgehead atoms. The summed E-state index contributed by atoms with van der Waals surface area (Å²) in [5.74, 6) is 0.829. The predicted molar refractivity (Wildman–Crippen MR) is 93.4 cm³/mol. The van der Waals surface area contributed by atoms with Crippen molar-refractivity contribution in [2.24, 2.45) is 0 Å². The van der Waals surface area contributed by atoms with E-state index < -0.39 is 0 Å².